The normalized spacial score (nSPS) is 14.1. The molecule has 8 heteroatoms. The Morgan fingerprint density at radius 2 is 1.86 bits per heavy atom. The molecule has 0 bridgehead atoms. The molecule has 8 nitrogen and oxygen atoms in total. The lowest BCUT2D eigenvalue weighted by Crippen LogP contribution is -2.42. The number of benzene rings is 2. The van der Waals surface area contributed by atoms with E-state index < -0.39 is 5.91 Å². The number of para-hydroxylation sites is 1. The molecule has 2 aromatic carbocycles. The molecular formula is C20H21N3O5. The zero-order chi connectivity index (χ0) is 19.8. The van der Waals surface area contributed by atoms with Gasteiger partial charge in [-0.1, -0.05) is 12.1 Å². The van der Waals surface area contributed by atoms with Crippen molar-refractivity contribution in [2.75, 3.05) is 32.9 Å². The Morgan fingerprint density at radius 3 is 2.57 bits per heavy atom. The second kappa shape index (κ2) is 9.52. The number of hydrazone groups is 1. The van der Waals surface area contributed by atoms with E-state index in [2.05, 4.69) is 10.5 Å². The summed E-state index contributed by atoms with van der Waals surface area (Å²) in [5.41, 5.74) is 3.25. The molecule has 1 aliphatic rings. The molecule has 3 rings (SSSR count). The van der Waals surface area contributed by atoms with Gasteiger partial charge >= 0.3 is 0 Å². The molecular weight excluding hydrogens is 362 g/mol. The van der Waals surface area contributed by atoms with Gasteiger partial charge in [-0.15, -0.1) is 0 Å². The average Bonchev–Trinajstić information content (AvgIpc) is 2.74. The van der Waals surface area contributed by atoms with E-state index in [1.165, 1.54) is 18.3 Å². The van der Waals surface area contributed by atoms with Crippen LogP contribution in [-0.4, -0.2) is 60.9 Å². The molecule has 1 fully saturated rings. The van der Waals surface area contributed by atoms with Crippen LogP contribution in [-0.2, 0) is 9.53 Å². The number of nitrogens with one attached hydrogen (secondary N) is 1. The van der Waals surface area contributed by atoms with Crippen LogP contribution in [0.5, 0.6) is 11.5 Å². The summed E-state index contributed by atoms with van der Waals surface area (Å²) >= 11 is 0. The predicted octanol–water partition coefficient (Wildman–Crippen LogP) is 1.39. The topological polar surface area (TPSA) is 100 Å². The number of ether oxygens (including phenoxy) is 2. The predicted molar refractivity (Wildman–Crippen MR) is 103 cm³/mol. The third-order valence-electron chi connectivity index (χ3n) is 4.13. The van der Waals surface area contributed by atoms with Gasteiger partial charge in [-0.3, -0.25) is 9.59 Å². The van der Waals surface area contributed by atoms with Crippen molar-refractivity contribution in [2.24, 2.45) is 5.10 Å². The highest BCUT2D eigenvalue weighted by Crippen LogP contribution is 2.15. The maximum absolute atomic E-state index is 12.1. The zero-order valence-corrected chi connectivity index (χ0v) is 15.2. The van der Waals surface area contributed by atoms with Crippen LogP contribution >= 0.6 is 0 Å². The molecule has 1 heterocycles. The Bertz CT molecular complexity index is 845. The summed E-state index contributed by atoms with van der Waals surface area (Å²) < 4.78 is 10.7. The first-order valence-corrected chi connectivity index (χ1v) is 8.83. The van der Waals surface area contributed by atoms with Crippen LogP contribution in [0, 0.1) is 0 Å². The van der Waals surface area contributed by atoms with Gasteiger partial charge in [-0.25, -0.2) is 5.43 Å². The lowest BCUT2D eigenvalue weighted by molar-refractivity contribution is -0.137. The van der Waals surface area contributed by atoms with E-state index in [0.29, 0.717) is 32.1 Å². The largest absolute Gasteiger partial charge is 0.507 e. The number of hydrogen-bond donors (Lipinski definition) is 2. The minimum absolute atomic E-state index is 0.0237. The summed E-state index contributed by atoms with van der Waals surface area (Å²) in [6.07, 6.45) is 1.47. The van der Waals surface area contributed by atoms with Gasteiger partial charge in [0.1, 0.15) is 11.5 Å². The van der Waals surface area contributed by atoms with Crippen molar-refractivity contribution in [3.8, 4) is 11.5 Å². The zero-order valence-electron chi connectivity index (χ0n) is 15.2. The molecule has 1 saturated heterocycles. The van der Waals surface area contributed by atoms with Crippen LogP contribution in [0.2, 0.25) is 0 Å². The number of phenolic OH excluding ortho intramolecular Hbond substituents is 1. The third kappa shape index (κ3) is 5.31. The van der Waals surface area contributed by atoms with E-state index in [9.17, 15) is 14.7 Å². The van der Waals surface area contributed by atoms with Gasteiger partial charge in [-0.2, -0.15) is 5.10 Å². The summed E-state index contributed by atoms with van der Waals surface area (Å²) in [4.78, 5) is 25.7. The fourth-order valence-electron chi connectivity index (χ4n) is 2.59. The average molecular weight is 383 g/mol. The van der Waals surface area contributed by atoms with Crippen LogP contribution in [0.3, 0.4) is 0 Å². The smallest absolute Gasteiger partial charge is 0.275 e. The first kappa shape index (κ1) is 19.4. The van der Waals surface area contributed by atoms with Crippen LogP contribution in [0.4, 0.5) is 0 Å². The molecule has 146 valence electrons. The molecule has 0 spiro atoms. The molecule has 0 aliphatic carbocycles. The number of rotatable bonds is 6. The lowest BCUT2D eigenvalue weighted by Gasteiger charge is -2.26. The summed E-state index contributed by atoms with van der Waals surface area (Å²) in [6, 6.07) is 13.2. The Kier molecular flexibility index (Phi) is 6.59. The van der Waals surface area contributed by atoms with E-state index in [4.69, 9.17) is 9.47 Å². The standard InChI is InChI=1S/C20H21N3O5/c24-18-4-2-1-3-17(18)20(26)22-21-13-15-5-7-16(8-6-15)28-14-19(25)23-9-11-27-12-10-23/h1-8,13,24H,9-12,14H2,(H,22,26)/b21-13-. The van der Waals surface area contributed by atoms with E-state index in [1.54, 1.807) is 41.3 Å². The SMILES string of the molecule is O=C(N/N=C\c1ccc(OCC(=O)N2CCOCC2)cc1)c1ccccc1O. The second-order valence-corrected chi connectivity index (χ2v) is 6.07. The van der Waals surface area contributed by atoms with Crippen molar-refractivity contribution >= 4 is 18.0 Å². The number of carbonyl (C=O) groups excluding carboxylic acids is 2. The van der Waals surface area contributed by atoms with E-state index in [0.717, 1.165) is 5.56 Å². The highest BCUT2D eigenvalue weighted by atomic mass is 16.5. The molecule has 0 unspecified atom stereocenters. The second-order valence-electron chi connectivity index (χ2n) is 6.07. The Hall–Kier alpha value is -3.39. The lowest BCUT2D eigenvalue weighted by atomic mass is 10.2. The number of amides is 2. The summed E-state index contributed by atoms with van der Waals surface area (Å²) in [5.74, 6) is -0.114. The maximum atomic E-state index is 12.1. The van der Waals surface area contributed by atoms with Crippen LogP contribution in [0.1, 0.15) is 15.9 Å². The van der Waals surface area contributed by atoms with Crippen molar-refractivity contribution < 1.29 is 24.2 Å². The quantitative estimate of drug-likeness (QED) is 0.580. The van der Waals surface area contributed by atoms with Crippen molar-refractivity contribution in [2.45, 2.75) is 0 Å². The van der Waals surface area contributed by atoms with E-state index in [-0.39, 0.29) is 23.8 Å². The Morgan fingerprint density at radius 1 is 1.14 bits per heavy atom. The highest BCUT2D eigenvalue weighted by Gasteiger charge is 2.17. The van der Waals surface area contributed by atoms with Crippen molar-refractivity contribution in [1.82, 2.24) is 10.3 Å². The van der Waals surface area contributed by atoms with Gasteiger partial charge in [0.05, 0.1) is 25.0 Å². The number of morpholine rings is 1. The Balaban J connectivity index is 1.47. The summed E-state index contributed by atoms with van der Waals surface area (Å²) in [6.45, 7) is 2.26. The number of nitrogens with zero attached hydrogens (tertiary/aromatic N) is 2. The molecule has 0 aromatic heterocycles. The first-order valence-electron chi connectivity index (χ1n) is 8.83. The molecule has 0 radical (unpaired) electrons. The molecule has 28 heavy (non-hydrogen) atoms. The molecule has 0 saturated carbocycles. The number of carbonyl (C=O) groups is 2. The fourth-order valence-corrected chi connectivity index (χ4v) is 2.59. The van der Waals surface area contributed by atoms with Gasteiger partial charge in [0.15, 0.2) is 6.61 Å². The van der Waals surface area contributed by atoms with Crippen molar-refractivity contribution in [1.29, 1.82) is 0 Å². The third-order valence-corrected chi connectivity index (χ3v) is 4.13. The molecule has 2 amide bonds. The fraction of sp³-hybridized carbons (Fsp3) is 0.250. The highest BCUT2D eigenvalue weighted by molar-refractivity contribution is 5.97. The molecule has 0 atom stereocenters. The van der Waals surface area contributed by atoms with Crippen LogP contribution in [0.25, 0.3) is 0 Å². The van der Waals surface area contributed by atoms with E-state index >= 15 is 0 Å². The summed E-state index contributed by atoms with van der Waals surface area (Å²) in [7, 11) is 0. The number of phenols is 1. The van der Waals surface area contributed by atoms with E-state index in [1.807, 2.05) is 0 Å². The van der Waals surface area contributed by atoms with Gasteiger partial charge < -0.3 is 19.5 Å². The minimum atomic E-state index is -0.504. The van der Waals surface area contributed by atoms with Gasteiger partial charge in [0.25, 0.3) is 11.8 Å². The molecule has 1 aliphatic heterocycles. The maximum Gasteiger partial charge on any atom is 0.275 e. The van der Waals surface area contributed by atoms with Crippen LogP contribution in [0.15, 0.2) is 53.6 Å². The monoisotopic (exact) mass is 383 g/mol. The van der Waals surface area contributed by atoms with Gasteiger partial charge in [0.2, 0.25) is 0 Å². The molecule has 2 aromatic rings. The van der Waals surface area contributed by atoms with Gasteiger partial charge in [-0.05, 0) is 42.0 Å². The van der Waals surface area contributed by atoms with Crippen molar-refractivity contribution in [3.05, 3.63) is 59.7 Å². The minimum Gasteiger partial charge on any atom is -0.507 e. The molecule has 2 N–H and O–H groups in total. The summed E-state index contributed by atoms with van der Waals surface area (Å²) in [5, 5.41) is 13.5. The van der Waals surface area contributed by atoms with Crippen molar-refractivity contribution in [3.63, 3.8) is 0 Å². The Labute approximate surface area is 162 Å². The van der Waals surface area contributed by atoms with Gasteiger partial charge in [0, 0.05) is 13.1 Å². The van der Waals surface area contributed by atoms with Crippen LogP contribution < -0.4 is 10.2 Å². The first-order chi connectivity index (χ1) is 13.6. The number of hydrogen-bond acceptors (Lipinski definition) is 6. The number of aromatic hydroxyl groups is 1.